The molecule has 1 aromatic heterocycles. The van der Waals surface area contributed by atoms with E-state index in [-0.39, 0.29) is 36.4 Å². The van der Waals surface area contributed by atoms with Crippen LogP contribution in [0.2, 0.25) is 0 Å². The van der Waals surface area contributed by atoms with Crippen molar-refractivity contribution in [1.82, 2.24) is 24.9 Å². The normalized spacial score (nSPS) is 11.2. The molecule has 0 unspecified atom stereocenters. The predicted molar refractivity (Wildman–Crippen MR) is 133 cm³/mol. The first kappa shape index (κ1) is 25.9. The van der Waals surface area contributed by atoms with E-state index in [4.69, 9.17) is 0 Å². The van der Waals surface area contributed by atoms with Crippen LogP contribution in [0.4, 0.5) is 0 Å². The van der Waals surface area contributed by atoms with Gasteiger partial charge in [-0.05, 0) is 18.4 Å². The average Bonchev–Trinajstić information content (AvgIpc) is 3.07. The quantitative estimate of drug-likeness (QED) is 0.326. The molecule has 30 heavy (non-hydrogen) atoms. The van der Waals surface area contributed by atoms with Crippen LogP contribution in [0.1, 0.15) is 43.5 Å². The Morgan fingerprint density at radius 2 is 1.90 bits per heavy atom. The van der Waals surface area contributed by atoms with Gasteiger partial charge in [-0.1, -0.05) is 44.2 Å². The van der Waals surface area contributed by atoms with Crippen molar-refractivity contribution in [1.29, 1.82) is 0 Å². The van der Waals surface area contributed by atoms with Crippen molar-refractivity contribution in [3.8, 4) is 0 Å². The van der Waals surface area contributed by atoms with E-state index in [1.807, 2.05) is 72.0 Å². The molecule has 0 atom stereocenters. The molecule has 0 saturated heterocycles. The molecule has 0 fully saturated rings. The van der Waals surface area contributed by atoms with E-state index in [0.29, 0.717) is 31.5 Å². The van der Waals surface area contributed by atoms with Gasteiger partial charge in [0, 0.05) is 52.5 Å². The zero-order valence-corrected chi connectivity index (χ0v) is 21.3. The Hall–Kier alpha value is -2.10. The zero-order valence-electron chi connectivity index (χ0n) is 18.9. The highest BCUT2D eigenvalue weighted by Gasteiger charge is 2.17. The third-order valence-corrected chi connectivity index (χ3v) is 4.81. The molecule has 166 valence electrons. The van der Waals surface area contributed by atoms with Gasteiger partial charge in [-0.15, -0.1) is 24.0 Å². The first-order valence-electron chi connectivity index (χ1n) is 10.1. The summed E-state index contributed by atoms with van der Waals surface area (Å²) in [4.78, 5) is 20.9. The lowest BCUT2D eigenvalue weighted by Crippen LogP contribution is -2.44. The third kappa shape index (κ3) is 7.30. The molecule has 0 spiro atoms. The van der Waals surface area contributed by atoms with Crippen molar-refractivity contribution in [2.75, 3.05) is 27.2 Å². The fraction of sp³-hybridized carbons (Fsp3) is 0.500. The minimum atomic E-state index is 0. The highest BCUT2D eigenvalue weighted by molar-refractivity contribution is 14.0. The third-order valence-electron chi connectivity index (χ3n) is 4.81. The molecule has 2 rings (SSSR count). The van der Waals surface area contributed by atoms with Gasteiger partial charge in [-0.2, -0.15) is 5.10 Å². The standard InChI is InChI=1S/C22H34N6O.HI/c1-7-28(14-18-11-9-8-10-12-18)20(29)13-24-22(23-4)26(5)15-19-16-27(6)25-21(19)17(2)3;/h8-12,16-17H,7,13-15H2,1-6H3,(H,23,24);1H. The van der Waals surface area contributed by atoms with Crippen molar-refractivity contribution in [2.45, 2.75) is 39.8 Å². The van der Waals surface area contributed by atoms with Gasteiger partial charge in [-0.3, -0.25) is 14.5 Å². The fourth-order valence-electron chi connectivity index (χ4n) is 3.32. The summed E-state index contributed by atoms with van der Waals surface area (Å²) < 4.78 is 1.85. The summed E-state index contributed by atoms with van der Waals surface area (Å²) in [5, 5.41) is 7.77. The maximum absolute atomic E-state index is 12.7. The second-order valence-electron chi connectivity index (χ2n) is 7.52. The van der Waals surface area contributed by atoms with Crippen molar-refractivity contribution in [3.05, 3.63) is 53.3 Å². The number of carbonyl (C=O) groups excluding carboxylic acids is 1. The van der Waals surface area contributed by atoms with Crippen LogP contribution >= 0.6 is 24.0 Å². The Morgan fingerprint density at radius 1 is 1.23 bits per heavy atom. The van der Waals surface area contributed by atoms with E-state index in [1.165, 1.54) is 5.56 Å². The van der Waals surface area contributed by atoms with E-state index >= 15 is 0 Å². The number of nitrogens with one attached hydrogen (secondary N) is 1. The van der Waals surface area contributed by atoms with Crippen LogP contribution in [0.5, 0.6) is 0 Å². The van der Waals surface area contributed by atoms with Crippen molar-refractivity contribution < 1.29 is 4.79 Å². The first-order chi connectivity index (χ1) is 13.8. The van der Waals surface area contributed by atoms with Crippen molar-refractivity contribution in [3.63, 3.8) is 0 Å². The summed E-state index contributed by atoms with van der Waals surface area (Å²) in [6.45, 7) is 8.44. The van der Waals surface area contributed by atoms with E-state index in [2.05, 4.69) is 29.3 Å². The molecule has 0 aliphatic carbocycles. The van der Waals surface area contributed by atoms with Crippen molar-refractivity contribution >= 4 is 35.8 Å². The van der Waals surface area contributed by atoms with Gasteiger partial charge >= 0.3 is 0 Å². The number of hydrogen-bond donors (Lipinski definition) is 1. The van der Waals surface area contributed by atoms with Crippen LogP contribution in [0, 0.1) is 0 Å². The van der Waals surface area contributed by atoms with Gasteiger partial charge in [0.2, 0.25) is 5.91 Å². The Bertz CT molecular complexity index is 818. The van der Waals surface area contributed by atoms with Crippen LogP contribution in [-0.2, 0) is 24.9 Å². The maximum atomic E-state index is 12.7. The number of rotatable bonds is 8. The minimum Gasteiger partial charge on any atom is -0.347 e. The first-order valence-corrected chi connectivity index (χ1v) is 10.1. The van der Waals surface area contributed by atoms with Gasteiger partial charge in [0.25, 0.3) is 0 Å². The fourth-order valence-corrected chi connectivity index (χ4v) is 3.32. The van der Waals surface area contributed by atoms with Gasteiger partial charge in [0.05, 0.1) is 12.2 Å². The summed E-state index contributed by atoms with van der Waals surface area (Å²) in [6, 6.07) is 10.0. The number of halogens is 1. The topological polar surface area (TPSA) is 65.8 Å². The molecule has 0 saturated carbocycles. The summed E-state index contributed by atoms with van der Waals surface area (Å²) in [7, 11) is 5.64. The number of guanidine groups is 1. The number of aryl methyl sites for hydroxylation is 1. The van der Waals surface area contributed by atoms with Crippen LogP contribution in [0.25, 0.3) is 0 Å². The van der Waals surface area contributed by atoms with E-state index in [9.17, 15) is 4.79 Å². The molecule has 1 N–H and O–H groups in total. The van der Waals surface area contributed by atoms with Crippen LogP contribution in [0.15, 0.2) is 41.5 Å². The van der Waals surface area contributed by atoms with Gasteiger partial charge < -0.3 is 15.1 Å². The minimum absolute atomic E-state index is 0. The van der Waals surface area contributed by atoms with Gasteiger partial charge in [0.15, 0.2) is 5.96 Å². The lowest BCUT2D eigenvalue weighted by molar-refractivity contribution is -0.130. The molecule has 1 amide bonds. The van der Waals surface area contributed by atoms with Crippen LogP contribution in [-0.4, -0.2) is 58.6 Å². The summed E-state index contributed by atoms with van der Waals surface area (Å²) in [6.07, 6.45) is 2.04. The molecular formula is C22H35IN6O. The molecule has 0 aliphatic rings. The monoisotopic (exact) mass is 526 g/mol. The number of aliphatic imine (C=N–C) groups is 1. The van der Waals surface area contributed by atoms with E-state index in [0.717, 1.165) is 11.3 Å². The largest absolute Gasteiger partial charge is 0.347 e. The van der Waals surface area contributed by atoms with E-state index < -0.39 is 0 Å². The summed E-state index contributed by atoms with van der Waals surface area (Å²) in [5.74, 6) is 1.09. The average molecular weight is 526 g/mol. The molecular weight excluding hydrogens is 491 g/mol. The van der Waals surface area contributed by atoms with E-state index in [1.54, 1.807) is 7.05 Å². The molecule has 0 radical (unpaired) electrons. The molecule has 1 aromatic carbocycles. The number of hydrogen-bond acceptors (Lipinski definition) is 3. The van der Waals surface area contributed by atoms with Gasteiger partial charge in [0.1, 0.15) is 0 Å². The number of carbonyl (C=O) groups is 1. The Kier molecular flexibility index (Phi) is 10.9. The second kappa shape index (κ2) is 12.6. The molecule has 0 aliphatic heterocycles. The summed E-state index contributed by atoms with van der Waals surface area (Å²) >= 11 is 0. The SMILES string of the molecule is CCN(Cc1ccccc1)C(=O)CNC(=NC)N(C)Cc1cn(C)nc1C(C)C.I. The number of likely N-dealkylation sites (N-methyl/N-ethyl adjacent to an activating group) is 1. The highest BCUT2D eigenvalue weighted by Crippen LogP contribution is 2.18. The maximum Gasteiger partial charge on any atom is 0.242 e. The Labute approximate surface area is 197 Å². The van der Waals surface area contributed by atoms with Gasteiger partial charge in [-0.25, -0.2) is 0 Å². The Balaban J connectivity index is 0.00000450. The molecule has 1 heterocycles. The zero-order chi connectivity index (χ0) is 21.4. The lowest BCUT2D eigenvalue weighted by atomic mass is 10.1. The summed E-state index contributed by atoms with van der Waals surface area (Å²) in [5.41, 5.74) is 3.38. The molecule has 7 nitrogen and oxygen atoms in total. The molecule has 2 aromatic rings. The number of amides is 1. The highest BCUT2D eigenvalue weighted by atomic mass is 127. The number of benzene rings is 1. The number of aromatic nitrogens is 2. The second-order valence-corrected chi connectivity index (χ2v) is 7.52. The molecule has 0 bridgehead atoms. The predicted octanol–water partition coefficient (Wildman–Crippen LogP) is 3.22. The van der Waals surface area contributed by atoms with Crippen LogP contribution in [0.3, 0.4) is 0 Å². The molecule has 8 heteroatoms. The van der Waals surface area contributed by atoms with Crippen LogP contribution < -0.4 is 5.32 Å². The van der Waals surface area contributed by atoms with Crippen molar-refractivity contribution in [2.24, 2.45) is 12.0 Å². The smallest absolute Gasteiger partial charge is 0.242 e. The number of nitrogens with zero attached hydrogens (tertiary/aromatic N) is 5. The lowest BCUT2D eigenvalue weighted by Gasteiger charge is -2.25. The Morgan fingerprint density at radius 3 is 2.47 bits per heavy atom.